The van der Waals surface area contributed by atoms with Crippen LogP contribution in [0.5, 0.6) is 0 Å². The Labute approximate surface area is 38.0 Å². The fourth-order valence-corrected chi connectivity index (χ4v) is 0.137. The van der Waals surface area contributed by atoms with Gasteiger partial charge in [-0.1, -0.05) is 5.92 Å². The molecule has 6 heavy (non-hydrogen) atoms. The van der Waals surface area contributed by atoms with E-state index in [-0.39, 0.29) is 0 Å². The van der Waals surface area contributed by atoms with Crippen molar-refractivity contribution in [2.24, 2.45) is 0 Å². The first kappa shape index (κ1) is 5.52. The molecule has 0 atom stereocenters. The molecule has 0 aliphatic carbocycles. The molecule has 0 amide bonds. The highest BCUT2D eigenvalue weighted by atomic mass is 16.2. The molecule has 1 nitrogen and oxygen atoms in total. The molecule has 2 radical (unpaired) electrons. The van der Waals surface area contributed by atoms with E-state index >= 15 is 0 Å². The van der Waals surface area contributed by atoms with Crippen LogP contribution in [-0.4, -0.2) is 5.11 Å². The first-order chi connectivity index (χ1) is 2.91. The summed E-state index contributed by atoms with van der Waals surface area (Å²) in [6.07, 6.45) is 7.39. The molecule has 0 saturated carbocycles. The predicted octanol–water partition coefficient (Wildman–Crippen LogP) is 0.891. The van der Waals surface area contributed by atoms with Crippen LogP contribution in [0.3, 0.4) is 0 Å². The van der Waals surface area contributed by atoms with Gasteiger partial charge in [0.2, 0.25) is 0 Å². The lowest BCUT2D eigenvalue weighted by Crippen LogP contribution is -1.68. The molecule has 0 fully saturated rings. The van der Waals surface area contributed by atoms with Crippen molar-refractivity contribution in [1.82, 2.24) is 0 Å². The summed E-state index contributed by atoms with van der Waals surface area (Å²) in [5.41, 5.74) is 0. The van der Waals surface area contributed by atoms with Gasteiger partial charge in [0, 0.05) is 6.42 Å². The topological polar surface area (TPSA) is 20.2 Å². The van der Waals surface area contributed by atoms with Gasteiger partial charge in [0.05, 0.1) is 6.61 Å². The number of rotatable bonds is 2. The fourth-order valence-electron chi connectivity index (χ4n) is 0.137. The largest absolute Gasteiger partial charge is 0.390 e. The summed E-state index contributed by atoms with van der Waals surface area (Å²) < 4.78 is 0. The van der Waals surface area contributed by atoms with Gasteiger partial charge in [-0.3, -0.25) is 0 Å². The molecule has 0 unspecified atom stereocenters. The predicted molar refractivity (Wildman–Crippen MR) is 22.6 cm³/mol. The summed E-state index contributed by atoms with van der Waals surface area (Å²) in [7, 11) is 0. The summed E-state index contributed by atoms with van der Waals surface area (Å²) in [5, 5.41) is 7.95. The van der Waals surface area contributed by atoms with Gasteiger partial charge in [0.25, 0.3) is 0 Å². The Bertz CT molecular complexity index is 51.4. The van der Waals surface area contributed by atoms with Crippen LogP contribution in [0.4, 0.5) is 0 Å². The Morgan fingerprint density at radius 1 is 1.83 bits per heavy atom. The molecule has 0 aromatic carbocycles. The summed E-state index contributed by atoms with van der Waals surface area (Å²) in [6.45, 7) is 1.03. The van der Waals surface area contributed by atoms with Gasteiger partial charge >= 0.3 is 0 Å². The average molecular weight is 82.1 g/mol. The van der Waals surface area contributed by atoms with Crippen molar-refractivity contribution in [3.05, 3.63) is 13.0 Å². The van der Waals surface area contributed by atoms with Crippen LogP contribution >= 0.6 is 0 Å². The minimum Gasteiger partial charge on any atom is -0.390 e. The van der Waals surface area contributed by atoms with Crippen molar-refractivity contribution in [2.75, 3.05) is 0 Å². The first-order valence-electron chi connectivity index (χ1n) is 1.77. The van der Waals surface area contributed by atoms with E-state index in [1.54, 1.807) is 0 Å². The molecule has 1 heteroatoms. The monoisotopic (exact) mass is 82.0 g/mol. The average Bonchev–Trinajstić information content (AvgIpc) is 1.61. The molecule has 0 aromatic heterocycles. The van der Waals surface area contributed by atoms with E-state index in [9.17, 15) is 0 Å². The van der Waals surface area contributed by atoms with Gasteiger partial charge < -0.3 is 5.11 Å². The van der Waals surface area contributed by atoms with E-state index in [2.05, 4.69) is 5.92 Å². The zero-order valence-electron chi connectivity index (χ0n) is 3.44. The molecule has 0 saturated heterocycles. The van der Waals surface area contributed by atoms with Crippen LogP contribution in [0.15, 0.2) is 0 Å². The number of hydrogen-bond acceptors (Lipinski definition) is 1. The Kier molecular flexibility index (Phi) is 4.16. The van der Waals surface area contributed by atoms with Gasteiger partial charge in [0.15, 0.2) is 0 Å². The lowest BCUT2D eigenvalue weighted by Gasteiger charge is -1.78. The van der Waals surface area contributed by atoms with E-state index in [0.717, 1.165) is 6.61 Å². The Balaban J connectivity index is 2.54. The van der Waals surface area contributed by atoms with Gasteiger partial charge in [-0.2, -0.15) is 0 Å². The minimum atomic E-state index is 0.524. The highest BCUT2D eigenvalue weighted by Crippen LogP contribution is 1.84. The molecule has 0 aromatic rings. The smallest absolute Gasteiger partial charge is 0.0808 e. The van der Waals surface area contributed by atoms with Crippen molar-refractivity contribution in [2.45, 2.75) is 12.8 Å². The molecular formula is C5H6O. The molecule has 1 N–H and O–H groups in total. The SMILES string of the molecule is [C]#CCC[CH]O. The van der Waals surface area contributed by atoms with Crippen molar-refractivity contribution >= 4 is 0 Å². The molecule has 0 aliphatic rings. The van der Waals surface area contributed by atoms with E-state index in [4.69, 9.17) is 11.5 Å². The van der Waals surface area contributed by atoms with Gasteiger partial charge in [-0.25, -0.2) is 0 Å². The van der Waals surface area contributed by atoms with Crippen LogP contribution in [0, 0.1) is 19.0 Å². The van der Waals surface area contributed by atoms with Crippen LogP contribution in [0.1, 0.15) is 12.8 Å². The molecular weight excluding hydrogens is 76.1 g/mol. The zero-order chi connectivity index (χ0) is 4.83. The van der Waals surface area contributed by atoms with Gasteiger partial charge in [-0.05, 0) is 12.8 Å². The third-order valence-electron chi connectivity index (χ3n) is 0.398. The second-order valence-electron chi connectivity index (χ2n) is 0.898. The summed E-state index contributed by atoms with van der Waals surface area (Å²) in [5.74, 6) is 2.13. The van der Waals surface area contributed by atoms with E-state index in [0.29, 0.717) is 12.8 Å². The third kappa shape index (κ3) is 3.52. The van der Waals surface area contributed by atoms with Crippen LogP contribution in [-0.2, 0) is 0 Å². The van der Waals surface area contributed by atoms with E-state index in [1.807, 2.05) is 0 Å². The van der Waals surface area contributed by atoms with Gasteiger partial charge in [0.1, 0.15) is 0 Å². The number of unbranched alkanes of at least 4 members (excludes halogenated alkanes) is 1. The van der Waals surface area contributed by atoms with Crippen molar-refractivity contribution in [1.29, 1.82) is 0 Å². The Morgan fingerprint density at radius 3 is 2.67 bits per heavy atom. The highest BCUT2D eigenvalue weighted by Gasteiger charge is 1.74. The Hall–Kier alpha value is -0.480. The number of aliphatic hydroxyl groups excluding tert-OH is 1. The van der Waals surface area contributed by atoms with Crippen molar-refractivity contribution in [3.63, 3.8) is 0 Å². The molecule has 32 valence electrons. The standard InChI is InChI=1S/C5H6O/c1-2-3-4-5-6/h5-6H,3-4H2. The fraction of sp³-hybridized carbons (Fsp3) is 0.400. The van der Waals surface area contributed by atoms with Crippen LogP contribution in [0.2, 0.25) is 0 Å². The molecule has 0 spiro atoms. The maximum Gasteiger partial charge on any atom is 0.0808 e. The van der Waals surface area contributed by atoms with E-state index < -0.39 is 0 Å². The van der Waals surface area contributed by atoms with E-state index in [1.165, 1.54) is 0 Å². The van der Waals surface area contributed by atoms with Gasteiger partial charge in [-0.15, -0.1) is 0 Å². The first-order valence-corrected chi connectivity index (χ1v) is 1.77. The number of hydrogen-bond donors (Lipinski definition) is 1. The van der Waals surface area contributed by atoms with Crippen molar-refractivity contribution in [3.8, 4) is 5.92 Å². The normalized spacial score (nSPS) is 7.33. The summed E-state index contributed by atoms with van der Waals surface area (Å²) in [4.78, 5) is 0. The molecule has 0 heterocycles. The molecule has 0 rings (SSSR count). The van der Waals surface area contributed by atoms with Crippen LogP contribution < -0.4 is 0 Å². The summed E-state index contributed by atoms with van der Waals surface area (Å²) in [6, 6.07) is 0. The lowest BCUT2D eigenvalue weighted by atomic mass is 10.3. The lowest BCUT2D eigenvalue weighted by molar-refractivity contribution is 0.377. The third-order valence-corrected chi connectivity index (χ3v) is 0.398. The highest BCUT2D eigenvalue weighted by molar-refractivity contribution is 4.75. The van der Waals surface area contributed by atoms with Crippen LogP contribution in [0.25, 0.3) is 0 Å². The Morgan fingerprint density at radius 2 is 2.50 bits per heavy atom. The quantitative estimate of drug-likeness (QED) is 0.387. The molecule has 0 aliphatic heterocycles. The van der Waals surface area contributed by atoms with Crippen molar-refractivity contribution < 1.29 is 5.11 Å². The second kappa shape index (κ2) is 4.52. The minimum absolute atomic E-state index is 0.524. The maximum atomic E-state index is 7.95. The summed E-state index contributed by atoms with van der Waals surface area (Å²) >= 11 is 0. The maximum absolute atomic E-state index is 7.95. The molecule has 0 bridgehead atoms. The number of aliphatic hydroxyl groups is 1. The zero-order valence-corrected chi connectivity index (χ0v) is 3.44. The second-order valence-corrected chi connectivity index (χ2v) is 0.898.